The Morgan fingerprint density at radius 3 is 2.62 bits per heavy atom. The van der Waals surface area contributed by atoms with Gasteiger partial charge in [0.1, 0.15) is 5.69 Å². The molecular formula is C12H4BrF3N2OS2. The fourth-order valence-electron chi connectivity index (χ4n) is 1.69. The Morgan fingerprint density at radius 1 is 1.24 bits per heavy atom. The summed E-state index contributed by atoms with van der Waals surface area (Å²) in [7, 11) is 0. The number of hydrogen-bond acceptors (Lipinski definition) is 5. The molecule has 0 aromatic carbocycles. The second-order valence-corrected chi connectivity index (χ2v) is 6.73. The summed E-state index contributed by atoms with van der Waals surface area (Å²) in [5.74, 6) is -1.83. The van der Waals surface area contributed by atoms with Crippen molar-refractivity contribution < 1.29 is 18.0 Å². The lowest BCUT2D eigenvalue weighted by atomic mass is 10.2. The van der Waals surface area contributed by atoms with Gasteiger partial charge in [0.15, 0.2) is 0 Å². The van der Waals surface area contributed by atoms with Gasteiger partial charge in [0.2, 0.25) is 11.6 Å². The first-order valence-corrected chi connectivity index (χ1v) is 8.02. The molecule has 0 saturated heterocycles. The van der Waals surface area contributed by atoms with Crippen molar-refractivity contribution in [3.05, 3.63) is 43.8 Å². The van der Waals surface area contributed by atoms with E-state index in [1.807, 2.05) is 0 Å². The number of alkyl halides is 3. The standard InChI is InChI=1S/C12H4BrF3N2OS2/c13-5-3-7(21-4-5)9(19)8-10-6(1-2-20-10)17-11(18-8)12(14,15)16/h1-4H. The van der Waals surface area contributed by atoms with E-state index in [2.05, 4.69) is 25.9 Å². The van der Waals surface area contributed by atoms with E-state index in [9.17, 15) is 18.0 Å². The molecule has 108 valence electrons. The lowest BCUT2D eigenvalue weighted by molar-refractivity contribution is -0.144. The van der Waals surface area contributed by atoms with Crippen molar-refractivity contribution in [2.45, 2.75) is 6.18 Å². The van der Waals surface area contributed by atoms with E-state index in [0.29, 0.717) is 14.0 Å². The number of halogens is 4. The van der Waals surface area contributed by atoms with E-state index in [1.165, 1.54) is 6.07 Å². The lowest BCUT2D eigenvalue weighted by Gasteiger charge is -2.07. The highest BCUT2D eigenvalue weighted by Crippen LogP contribution is 2.32. The van der Waals surface area contributed by atoms with Crippen LogP contribution in [-0.4, -0.2) is 15.8 Å². The summed E-state index contributed by atoms with van der Waals surface area (Å²) in [5.41, 5.74) is -0.0852. The van der Waals surface area contributed by atoms with Crippen molar-refractivity contribution in [1.29, 1.82) is 0 Å². The molecule has 21 heavy (non-hydrogen) atoms. The quantitative estimate of drug-likeness (QED) is 0.590. The molecule has 0 N–H and O–H groups in total. The summed E-state index contributed by atoms with van der Waals surface area (Å²) < 4.78 is 39.6. The molecule has 3 heterocycles. The van der Waals surface area contributed by atoms with E-state index < -0.39 is 17.8 Å². The van der Waals surface area contributed by atoms with Crippen LogP contribution in [0, 0.1) is 0 Å². The van der Waals surface area contributed by atoms with Gasteiger partial charge in [-0.05, 0) is 33.4 Å². The molecule has 0 aliphatic rings. The van der Waals surface area contributed by atoms with Crippen LogP contribution in [0.25, 0.3) is 10.2 Å². The largest absolute Gasteiger partial charge is 0.451 e. The maximum absolute atomic E-state index is 12.8. The third-order valence-corrected chi connectivity index (χ3v) is 5.16. The molecule has 3 rings (SSSR count). The molecule has 0 aliphatic heterocycles. The molecule has 0 bridgehead atoms. The fraction of sp³-hybridized carbons (Fsp3) is 0.0833. The van der Waals surface area contributed by atoms with Crippen molar-refractivity contribution >= 4 is 54.6 Å². The number of carbonyl (C=O) groups is 1. The maximum atomic E-state index is 12.8. The molecule has 0 fully saturated rings. The van der Waals surface area contributed by atoms with Crippen molar-refractivity contribution in [3.8, 4) is 0 Å². The predicted molar refractivity (Wildman–Crippen MR) is 77.9 cm³/mol. The Labute approximate surface area is 132 Å². The molecule has 3 nitrogen and oxygen atoms in total. The lowest BCUT2D eigenvalue weighted by Crippen LogP contribution is -2.14. The minimum absolute atomic E-state index is 0.126. The number of thiophene rings is 2. The molecule has 9 heteroatoms. The average Bonchev–Trinajstić information content (AvgIpc) is 3.03. The molecule has 0 aliphatic carbocycles. The Bertz CT molecular complexity index is 841. The van der Waals surface area contributed by atoms with E-state index >= 15 is 0 Å². The monoisotopic (exact) mass is 392 g/mol. The molecule has 3 aromatic heterocycles. The van der Waals surface area contributed by atoms with Gasteiger partial charge in [0, 0.05) is 9.85 Å². The van der Waals surface area contributed by atoms with Crippen LogP contribution in [0.15, 0.2) is 27.4 Å². The molecule has 0 spiro atoms. The van der Waals surface area contributed by atoms with E-state index in [0.717, 1.165) is 22.7 Å². The zero-order valence-electron chi connectivity index (χ0n) is 9.94. The first-order valence-electron chi connectivity index (χ1n) is 5.47. The van der Waals surface area contributed by atoms with E-state index in [4.69, 9.17) is 0 Å². The van der Waals surface area contributed by atoms with Crippen molar-refractivity contribution in [3.63, 3.8) is 0 Å². The Morgan fingerprint density at radius 2 is 2.00 bits per heavy atom. The van der Waals surface area contributed by atoms with Gasteiger partial charge in [-0.1, -0.05) is 0 Å². The smallest absolute Gasteiger partial charge is 0.286 e. The summed E-state index contributed by atoms with van der Waals surface area (Å²) in [4.78, 5) is 19.6. The molecule has 0 saturated carbocycles. The first kappa shape index (κ1) is 14.6. The summed E-state index contributed by atoms with van der Waals surface area (Å²) in [6.45, 7) is 0. The third-order valence-electron chi connectivity index (χ3n) is 2.56. The molecule has 0 amide bonds. The number of nitrogens with zero attached hydrogens (tertiary/aromatic N) is 2. The fourth-order valence-corrected chi connectivity index (χ4v) is 3.88. The molecule has 3 aromatic rings. The van der Waals surface area contributed by atoms with Gasteiger partial charge in [-0.3, -0.25) is 4.79 Å². The van der Waals surface area contributed by atoms with Gasteiger partial charge < -0.3 is 0 Å². The second-order valence-electron chi connectivity index (χ2n) is 3.99. The summed E-state index contributed by atoms with van der Waals surface area (Å²) in [6.07, 6.45) is -4.69. The number of fused-ring (bicyclic) bond motifs is 1. The highest BCUT2D eigenvalue weighted by atomic mass is 79.9. The van der Waals surface area contributed by atoms with Crippen LogP contribution in [0.5, 0.6) is 0 Å². The number of rotatable bonds is 2. The van der Waals surface area contributed by atoms with Crippen LogP contribution in [-0.2, 0) is 6.18 Å². The first-order chi connectivity index (χ1) is 9.86. The average molecular weight is 393 g/mol. The number of aromatic nitrogens is 2. The summed E-state index contributed by atoms with van der Waals surface area (Å²) in [5, 5.41) is 3.27. The van der Waals surface area contributed by atoms with Crippen LogP contribution in [0.3, 0.4) is 0 Å². The highest BCUT2D eigenvalue weighted by molar-refractivity contribution is 9.10. The van der Waals surface area contributed by atoms with Gasteiger partial charge >= 0.3 is 6.18 Å². The van der Waals surface area contributed by atoms with Gasteiger partial charge in [-0.2, -0.15) is 13.2 Å². The van der Waals surface area contributed by atoms with Crippen molar-refractivity contribution in [2.75, 3.05) is 0 Å². The summed E-state index contributed by atoms with van der Waals surface area (Å²) >= 11 is 5.50. The van der Waals surface area contributed by atoms with Crippen molar-refractivity contribution in [2.24, 2.45) is 0 Å². The zero-order chi connectivity index (χ0) is 15.2. The Kier molecular flexibility index (Phi) is 3.58. The van der Waals surface area contributed by atoms with Gasteiger partial charge in [0.25, 0.3) is 0 Å². The minimum atomic E-state index is -4.69. The number of carbonyl (C=O) groups excluding carboxylic acids is 1. The van der Waals surface area contributed by atoms with E-state index in [-0.39, 0.29) is 11.2 Å². The van der Waals surface area contributed by atoms with Crippen LogP contribution < -0.4 is 0 Å². The highest BCUT2D eigenvalue weighted by Gasteiger charge is 2.36. The molecule has 0 radical (unpaired) electrons. The van der Waals surface area contributed by atoms with Crippen LogP contribution in [0.1, 0.15) is 21.2 Å². The SMILES string of the molecule is O=C(c1cc(Br)cs1)c1nc(C(F)(F)F)nc2ccsc12. The number of ketones is 1. The Balaban J connectivity index is 2.21. The predicted octanol–water partition coefficient (Wildman–Crippen LogP) is 4.77. The number of hydrogen-bond donors (Lipinski definition) is 0. The zero-order valence-corrected chi connectivity index (χ0v) is 13.2. The molecular weight excluding hydrogens is 389 g/mol. The van der Waals surface area contributed by atoms with E-state index in [1.54, 1.807) is 16.8 Å². The topological polar surface area (TPSA) is 42.9 Å². The van der Waals surface area contributed by atoms with Gasteiger partial charge in [-0.25, -0.2) is 9.97 Å². The minimum Gasteiger partial charge on any atom is -0.286 e. The van der Waals surface area contributed by atoms with Crippen LogP contribution in [0.4, 0.5) is 13.2 Å². The van der Waals surface area contributed by atoms with Crippen LogP contribution in [0.2, 0.25) is 0 Å². The molecule has 0 atom stereocenters. The van der Waals surface area contributed by atoms with Crippen LogP contribution >= 0.6 is 38.6 Å². The summed E-state index contributed by atoms with van der Waals surface area (Å²) in [6, 6.07) is 3.00. The van der Waals surface area contributed by atoms with Gasteiger partial charge in [-0.15, -0.1) is 22.7 Å². The maximum Gasteiger partial charge on any atom is 0.451 e. The Hall–Kier alpha value is -1.32. The van der Waals surface area contributed by atoms with Gasteiger partial charge in [0.05, 0.1) is 15.1 Å². The normalized spacial score (nSPS) is 12.0. The third kappa shape index (κ3) is 2.72. The second kappa shape index (κ2) is 5.15. The van der Waals surface area contributed by atoms with Crippen molar-refractivity contribution in [1.82, 2.24) is 9.97 Å². The molecule has 0 unspecified atom stereocenters.